The molecule has 1 N–H and O–H groups in total. The highest BCUT2D eigenvalue weighted by Crippen LogP contribution is 2.16. The number of nitrogens with zero attached hydrogens (tertiary/aromatic N) is 2. The summed E-state index contributed by atoms with van der Waals surface area (Å²) in [5.74, 6) is -0.0537. The molecule has 20 heavy (non-hydrogen) atoms. The number of halogens is 1. The number of amides is 1. The van der Waals surface area contributed by atoms with Gasteiger partial charge in [-0.2, -0.15) is 5.10 Å². The molecular weight excluding hydrogens is 318 g/mol. The summed E-state index contributed by atoms with van der Waals surface area (Å²) in [4.78, 5) is 12.3. The average Bonchev–Trinajstić information content (AvgIpc) is 2.79. The normalized spacial score (nSPS) is 10.6. The number of carbonyl (C=O) groups excluding carboxylic acids is 1. The van der Waals surface area contributed by atoms with E-state index in [2.05, 4.69) is 26.3 Å². The molecule has 0 radical (unpaired) electrons. The van der Waals surface area contributed by atoms with Crippen molar-refractivity contribution >= 4 is 21.8 Å². The molecule has 2 aromatic rings. The second kappa shape index (κ2) is 6.22. The second-order valence-corrected chi connectivity index (χ2v) is 5.61. The van der Waals surface area contributed by atoms with Crippen molar-refractivity contribution in [2.45, 2.75) is 33.9 Å². The number of aryl methyl sites for hydroxylation is 3. The minimum atomic E-state index is -0.0537. The molecule has 0 unspecified atom stereocenters. The molecule has 0 saturated heterocycles. The van der Waals surface area contributed by atoms with Crippen LogP contribution in [0.1, 0.15) is 34.1 Å². The maximum absolute atomic E-state index is 12.3. The van der Waals surface area contributed by atoms with Gasteiger partial charge in [-0.15, -0.1) is 0 Å². The molecule has 0 spiro atoms. The Bertz CT molecular complexity index is 634. The molecule has 0 atom stereocenters. The Hall–Kier alpha value is -1.62. The standard InChI is InChI=1S/C15H18BrN3O/c1-4-19-14(13(16)8-18-19)9-17-15(20)12-7-10(2)5-6-11(12)3/h5-8H,4,9H2,1-3H3,(H,17,20). The monoisotopic (exact) mass is 335 g/mol. The molecule has 4 nitrogen and oxygen atoms in total. The third kappa shape index (κ3) is 3.10. The van der Waals surface area contributed by atoms with Gasteiger partial charge in [-0.25, -0.2) is 0 Å². The molecule has 2 rings (SSSR count). The highest BCUT2D eigenvalue weighted by Gasteiger charge is 2.12. The molecule has 1 aromatic carbocycles. The zero-order chi connectivity index (χ0) is 14.7. The Balaban J connectivity index is 2.12. The fourth-order valence-corrected chi connectivity index (χ4v) is 2.51. The van der Waals surface area contributed by atoms with Crippen molar-refractivity contribution < 1.29 is 4.79 Å². The van der Waals surface area contributed by atoms with Crippen LogP contribution in [0.3, 0.4) is 0 Å². The Kier molecular flexibility index (Phi) is 4.60. The highest BCUT2D eigenvalue weighted by molar-refractivity contribution is 9.10. The molecule has 106 valence electrons. The van der Waals surface area contributed by atoms with Gasteiger partial charge < -0.3 is 5.32 Å². The minimum absolute atomic E-state index is 0.0537. The van der Waals surface area contributed by atoms with Gasteiger partial charge >= 0.3 is 0 Å². The summed E-state index contributed by atoms with van der Waals surface area (Å²) in [5, 5.41) is 7.19. The van der Waals surface area contributed by atoms with Gasteiger partial charge in [-0.05, 0) is 48.3 Å². The molecule has 0 fully saturated rings. The van der Waals surface area contributed by atoms with Gasteiger partial charge in [0.15, 0.2) is 0 Å². The van der Waals surface area contributed by atoms with Crippen molar-refractivity contribution in [2.24, 2.45) is 0 Å². The van der Waals surface area contributed by atoms with Crippen LogP contribution in [0.5, 0.6) is 0 Å². The summed E-state index contributed by atoms with van der Waals surface area (Å²) in [6.07, 6.45) is 1.75. The lowest BCUT2D eigenvalue weighted by Crippen LogP contribution is -2.25. The molecule has 1 aromatic heterocycles. The maximum Gasteiger partial charge on any atom is 0.251 e. The van der Waals surface area contributed by atoms with Gasteiger partial charge in [0.05, 0.1) is 22.9 Å². The fraction of sp³-hybridized carbons (Fsp3) is 0.333. The lowest BCUT2D eigenvalue weighted by atomic mass is 10.1. The van der Waals surface area contributed by atoms with Crippen molar-refractivity contribution in [3.8, 4) is 0 Å². The van der Waals surface area contributed by atoms with Crippen molar-refractivity contribution in [2.75, 3.05) is 0 Å². The van der Waals surface area contributed by atoms with E-state index in [-0.39, 0.29) is 5.91 Å². The van der Waals surface area contributed by atoms with E-state index in [1.165, 1.54) is 0 Å². The third-order valence-electron chi connectivity index (χ3n) is 3.25. The van der Waals surface area contributed by atoms with Gasteiger partial charge in [0, 0.05) is 12.1 Å². The summed E-state index contributed by atoms with van der Waals surface area (Å²) >= 11 is 3.46. The SMILES string of the molecule is CCn1ncc(Br)c1CNC(=O)c1cc(C)ccc1C. The Labute approximate surface area is 127 Å². The number of hydrogen-bond acceptors (Lipinski definition) is 2. The van der Waals surface area contributed by atoms with E-state index in [9.17, 15) is 4.79 Å². The highest BCUT2D eigenvalue weighted by atomic mass is 79.9. The molecular formula is C15H18BrN3O. The van der Waals surface area contributed by atoms with Crippen LogP contribution in [0.2, 0.25) is 0 Å². The van der Waals surface area contributed by atoms with Crippen LogP contribution in [0.25, 0.3) is 0 Å². The predicted molar refractivity (Wildman–Crippen MR) is 82.7 cm³/mol. The zero-order valence-corrected chi connectivity index (χ0v) is 13.5. The van der Waals surface area contributed by atoms with Crippen LogP contribution < -0.4 is 5.32 Å². The van der Waals surface area contributed by atoms with Crippen LogP contribution >= 0.6 is 15.9 Å². The first kappa shape index (κ1) is 14.8. The van der Waals surface area contributed by atoms with Gasteiger partial charge in [0.25, 0.3) is 5.91 Å². The molecule has 0 aliphatic carbocycles. The van der Waals surface area contributed by atoms with Gasteiger partial charge in [-0.3, -0.25) is 9.48 Å². The quantitative estimate of drug-likeness (QED) is 0.932. The van der Waals surface area contributed by atoms with E-state index in [0.29, 0.717) is 6.54 Å². The van der Waals surface area contributed by atoms with Crippen molar-refractivity contribution in [3.05, 3.63) is 51.3 Å². The smallest absolute Gasteiger partial charge is 0.251 e. The largest absolute Gasteiger partial charge is 0.346 e. The van der Waals surface area contributed by atoms with Crippen LogP contribution in [-0.4, -0.2) is 15.7 Å². The van der Waals surface area contributed by atoms with E-state index in [4.69, 9.17) is 0 Å². The van der Waals surface area contributed by atoms with E-state index in [1.807, 2.05) is 43.7 Å². The van der Waals surface area contributed by atoms with Crippen molar-refractivity contribution in [1.29, 1.82) is 0 Å². The fourth-order valence-electron chi connectivity index (χ4n) is 2.08. The average molecular weight is 336 g/mol. The van der Waals surface area contributed by atoms with Gasteiger partial charge in [0.2, 0.25) is 0 Å². The number of rotatable bonds is 4. The second-order valence-electron chi connectivity index (χ2n) is 4.76. The summed E-state index contributed by atoms with van der Waals surface area (Å²) in [6, 6.07) is 5.89. The summed E-state index contributed by atoms with van der Waals surface area (Å²) in [7, 11) is 0. The summed E-state index contributed by atoms with van der Waals surface area (Å²) < 4.78 is 2.79. The number of nitrogens with one attached hydrogen (secondary N) is 1. The van der Waals surface area contributed by atoms with Crippen LogP contribution in [-0.2, 0) is 13.1 Å². The van der Waals surface area contributed by atoms with Crippen molar-refractivity contribution in [1.82, 2.24) is 15.1 Å². The molecule has 5 heteroatoms. The molecule has 1 heterocycles. The molecule has 0 bridgehead atoms. The summed E-state index contributed by atoms with van der Waals surface area (Å²) in [5.41, 5.74) is 3.77. The molecule has 0 saturated carbocycles. The van der Waals surface area contributed by atoms with Crippen LogP contribution in [0.15, 0.2) is 28.9 Å². The maximum atomic E-state index is 12.3. The molecule has 0 aliphatic heterocycles. The van der Waals surface area contributed by atoms with Crippen LogP contribution in [0.4, 0.5) is 0 Å². The minimum Gasteiger partial charge on any atom is -0.346 e. The van der Waals surface area contributed by atoms with Crippen LogP contribution in [0, 0.1) is 13.8 Å². The van der Waals surface area contributed by atoms with Gasteiger partial charge in [0.1, 0.15) is 0 Å². The zero-order valence-electron chi connectivity index (χ0n) is 11.9. The molecule has 1 amide bonds. The predicted octanol–water partition coefficient (Wildman–Crippen LogP) is 3.21. The Morgan fingerprint density at radius 2 is 2.15 bits per heavy atom. The third-order valence-corrected chi connectivity index (χ3v) is 3.91. The number of benzene rings is 1. The number of aromatic nitrogens is 2. The summed E-state index contributed by atoms with van der Waals surface area (Å²) in [6.45, 7) is 7.19. The topological polar surface area (TPSA) is 46.9 Å². The number of hydrogen-bond donors (Lipinski definition) is 1. The lowest BCUT2D eigenvalue weighted by molar-refractivity contribution is 0.0949. The molecule has 0 aliphatic rings. The first-order valence-corrected chi connectivity index (χ1v) is 7.38. The first-order chi connectivity index (χ1) is 9.52. The first-order valence-electron chi connectivity index (χ1n) is 6.58. The van der Waals surface area contributed by atoms with Gasteiger partial charge in [-0.1, -0.05) is 17.7 Å². The lowest BCUT2D eigenvalue weighted by Gasteiger charge is -2.10. The van der Waals surface area contributed by atoms with E-state index < -0.39 is 0 Å². The van der Waals surface area contributed by atoms with E-state index in [0.717, 1.165) is 33.4 Å². The van der Waals surface area contributed by atoms with E-state index >= 15 is 0 Å². The Morgan fingerprint density at radius 1 is 1.40 bits per heavy atom. The Morgan fingerprint density at radius 3 is 2.85 bits per heavy atom. The van der Waals surface area contributed by atoms with Crippen molar-refractivity contribution in [3.63, 3.8) is 0 Å². The van der Waals surface area contributed by atoms with E-state index in [1.54, 1.807) is 6.20 Å². The number of carbonyl (C=O) groups is 1.